The van der Waals surface area contributed by atoms with E-state index in [-0.39, 0.29) is 94.6 Å². The summed E-state index contributed by atoms with van der Waals surface area (Å²) in [5, 5.41) is 26.3. The summed E-state index contributed by atoms with van der Waals surface area (Å²) in [4.78, 5) is 53.3. The maximum atomic E-state index is 15.1. The molecule has 2 saturated heterocycles. The number of methoxy groups -OCH3 is 1. The highest BCUT2D eigenvalue weighted by Crippen LogP contribution is 2.54. The average Bonchev–Trinajstić information content (AvgIpc) is 4.33. The van der Waals surface area contributed by atoms with Crippen LogP contribution in [0.5, 0.6) is 23.1 Å². The second kappa shape index (κ2) is 21.3. The first kappa shape index (κ1) is 53.5. The van der Waals surface area contributed by atoms with Crippen molar-refractivity contribution in [3.8, 4) is 23.1 Å². The molecule has 78 heavy (non-hydrogen) atoms. The summed E-state index contributed by atoms with van der Waals surface area (Å²) in [6, 6.07) is 17.1. The number of pyridine rings is 1. The van der Waals surface area contributed by atoms with E-state index in [1.165, 1.54) is 30.4 Å². The van der Waals surface area contributed by atoms with Gasteiger partial charge in [-0.1, -0.05) is 38.1 Å². The van der Waals surface area contributed by atoms with Gasteiger partial charge in [-0.2, -0.15) is 4.98 Å². The highest BCUT2D eigenvalue weighted by Gasteiger charge is 2.51. The molecule has 5 heterocycles. The largest absolute Gasteiger partial charge is 0.489 e. The topological polar surface area (TPSA) is 231 Å². The van der Waals surface area contributed by atoms with Crippen molar-refractivity contribution in [2.45, 2.75) is 120 Å². The third kappa shape index (κ3) is 10.8. The fraction of sp³-hybridized carbons (Fsp3) is 0.526. The molecule has 2 aromatic heterocycles. The number of carbonyl (C=O) groups is 2. The predicted molar refractivity (Wildman–Crippen MR) is 289 cm³/mol. The molecule has 2 amide bonds. The summed E-state index contributed by atoms with van der Waals surface area (Å²) in [7, 11) is -3.29. The lowest BCUT2D eigenvalue weighted by Gasteiger charge is -2.58. The summed E-state index contributed by atoms with van der Waals surface area (Å²) in [6.45, 7) is 10.3. The standard InChI is InChI=1S/C57H69FN8O11S/c1-34(2)40-7-5-6-8-41(40)47-32-64(55(68)36-9-10-36)21-22-65(47)38-29-57(30-38)17-19-63(20-18-57)37-11-12-42(48(25-37)77-50-28-43-44(58)31-59-52(43)61-54(50)75-24-23-74-4)53(67)62-78(72,73)39-26-46(66(70)71)51-49(27-39)76-33-45(60-51)35-13-15-56(3,69)16-14-35/h5-8,11-12,25-28,31,34-36,38,45,47,60,69H,9-10,13-24,29-30,32-33H2,1-4H3,(H,59,61)(H,62,67)/t35?,45-,47+,56?/m1/s1. The van der Waals surface area contributed by atoms with Gasteiger partial charge in [0, 0.05) is 87.9 Å². The number of hydrogen-bond acceptors (Lipinski definition) is 15. The van der Waals surface area contributed by atoms with Crippen molar-refractivity contribution in [2.75, 3.05) is 69.9 Å². The smallest absolute Gasteiger partial charge is 0.297 e. The van der Waals surface area contributed by atoms with Crippen LogP contribution < -0.4 is 29.1 Å². The third-order valence-electron chi connectivity index (χ3n) is 17.3. The molecular formula is C57H69FN8O11S. The number of rotatable bonds is 16. The number of anilines is 2. The number of hydrogen-bond donors (Lipinski definition) is 4. The Bertz CT molecular complexity index is 3210. The van der Waals surface area contributed by atoms with Gasteiger partial charge in [0.2, 0.25) is 5.91 Å². The van der Waals surface area contributed by atoms with Crippen molar-refractivity contribution in [1.82, 2.24) is 24.5 Å². The Balaban J connectivity index is 0.838. The minimum Gasteiger partial charge on any atom is -0.489 e. The van der Waals surface area contributed by atoms with Crippen LogP contribution in [-0.2, 0) is 19.6 Å². The quantitative estimate of drug-likeness (QED) is 0.0411. The number of carbonyl (C=O) groups excluding carboxylic acids is 2. The summed E-state index contributed by atoms with van der Waals surface area (Å²) in [5.41, 5.74) is 2.14. The Morgan fingerprint density at radius 2 is 1.74 bits per heavy atom. The Labute approximate surface area is 453 Å². The summed E-state index contributed by atoms with van der Waals surface area (Å²) in [5.74, 6) is -1.06. The number of amides is 2. The van der Waals surface area contributed by atoms with Crippen LogP contribution in [0.25, 0.3) is 11.0 Å². The SMILES string of the molecule is COCCOc1nc2[nH]cc(F)c2cc1Oc1cc(N2CCC3(CC2)CC(N2CCN(C(=O)C4CC4)C[C@H]2c2ccccc2C(C)C)C3)ccc1C(=O)NS(=O)(=O)c1cc2c(c([N+](=O)[O-])c1)N[C@@H](C1CCC(C)(O)CC1)CO2. The van der Waals surface area contributed by atoms with Crippen molar-refractivity contribution in [3.63, 3.8) is 0 Å². The molecule has 3 aliphatic heterocycles. The van der Waals surface area contributed by atoms with Gasteiger partial charge in [0.05, 0.1) is 45.1 Å². The Morgan fingerprint density at radius 1 is 0.987 bits per heavy atom. The number of benzene rings is 3. The highest BCUT2D eigenvalue weighted by molar-refractivity contribution is 7.90. The predicted octanol–water partition coefficient (Wildman–Crippen LogP) is 8.83. The van der Waals surface area contributed by atoms with E-state index in [4.69, 9.17) is 18.9 Å². The van der Waals surface area contributed by atoms with Crippen molar-refractivity contribution >= 4 is 49.9 Å². The van der Waals surface area contributed by atoms with E-state index in [1.807, 2.05) is 0 Å². The van der Waals surface area contributed by atoms with Gasteiger partial charge < -0.3 is 44.2 Å². The first-order chi connectivity index (χ1) is 37.4. The molecule has 3 aromatic carbocycles. The average molecular weight is 1090 g/mol. The van der Waals surface area contributed by atoms with E-state index in [1.54, 1.807) is 19.1 Å². The first-order valence-electron chi connectivity index (χ1n) is 27.4. The summed E-state index contributed by atoms with van der Waals surface area (Å²) < 4.78 is 69.2. The van der Waals surface area contributed by atoms with Crippen LogP contribution in [0.3, 0.4) is 0 Å². The molecule has 11 rings (SSSR count). The Kier molecular flexibility index (Phi) is 14.6. The molecule has 6 aliphatic rings. The molecule has 3 saturated carbocycles. The zero-order valence-electron chi connectivity index (χ0n) is 44.6. The maximum Gasteiger partial charge on any atom is 0.297 e. The Morgan fingerprint density at radius 3 is 2.46 bits per heavy atom. The van der Waals surface area contributed by atoms with Gasteiger partial charge in [0.1, 0.15) is 30.4 Å². The molecule has 0 unspecified atom stereocenters. The van der Waals surface area contributed by atoms with Crippen molar-refractivity contribution < 1.29 is 51.4 Å². The minimum absolute atomic E-state index is 0.0342. The number of H-pyrrole nitrogens is 1. The number of sulfonamides is 1. The molecular weight excluding hydrogens is 1020 g/mol. The Hall–Kier alpha value is -6.55. The fourth-order valence-electron chi connectivity index (χ4n) is 12.6. The maximum absolute atomic E-state index is 15.1. The number of halogens is 1. The van der Waals surface area contributed by atoms with Crippen LogP contribution in [0.1, 0.15) is 118 Å². The number of nitro benzene ring substituents is 1. The van der Waals surface area contributed by atoms with E-state index in [0.717, 1.165) is 69.9 Å². The number of ether oxygens (including phenoxy) is 4. The molecule has 19 nitrogen and oxygen atoms in total. The summed E-state index contributed by atoms with van der Waals surface area (Å²) in [6.07, 6.45) is 9.51. The zero-order chi connectivity index (χ0) is 54.7. The van der Waals surface area contributed by atoms with Crippen LogP contribution in [0.2, 0.25) is 0 Å². The lowest BCUT2D eigenvalue weighted by Crippen LogP contribution is -2.60. The summed E-state index contributed by atoms with van der Waals surface area (Å²) >= 11 is 0. The van der Waals surface area contributed by atoms with Gasteiger partial charge in [0.15, 0.2) is 17.2 Å². The van der Waals surface area contributed by atoms with E-state index in [0.29, 0.717) is 68.9 Å². The molecule has 5 fully saturated rings. The van der Waals surface area contributed by atoms with E-state index >= 15 is 4.39 Å². The lowest BCUT2D eigenvalue weighted by molar-refractivity contribution is -0.384. The van der Waals surface area contributed by atoms with Crippen LogP contribution in [0.15, 0.2) is 71.8 Å². The number of nitrogens with one attached hydrogen (secondary N) is 3. The van der Waals surface area contributed by atoms with Crippen molar-refractivity contribution in [1.29, 1.82) is 0 Å². The van der Waals surface area contributed by atoms with Crippen LogP contribution in [0.4, 0.5) is 21.5 Å². The van der Waals surface area contributed by atoms with E-state index in [2.05, 4.69) is 72.8 Å². The molecule has 21 heteroatoms. The van der Waals surface area contributed by atoms with Crippen LogP contribution >= 0.6 is 0 Å². The highest BCUT2D eigenvalue weighted by atomic mass is 32.2. The molecule has 416 valence electrons. The van der Waals surface area contributed by atoms with Crippen LogP contribution in [0, 0.1) is 33.2 Å². The molecule has 4 N–H and O–H groups in total. The molecule has 0 bridgehead atoms. The normalized spacial score (nSPS) is 23.6. The number of fused-ring (bicyclic) bond motifs is 2. The van der Waals surface area contributed by atoms with E-state index < -0.39 is 42.9 Å². The number of piperidine rings is 1. The van der Waals surface area contributed by atoms with Gasteiger partial charge >= 0.3 is 0 Å². The first-order valence-corrected chi connectivity index (χ1v) is 28.9. The van der Waals surface area contributed by atoms with Crippen molar-refractivity contribution in [3.05, 3.63) is 99.5 Å². The molecule has 2 atom stereocenters. The molecule has 5 aromatic rings. The second-order valence-corrected chi connectivity index (χ2v) is 24.7. The lowest BCUT2D eigenvalue weighted by atomic mass is 9.59. The van der Waals surface area contributed by atoms with Gasteiger partial charge in [-0.3, -0.25) is 24.6 Å². The van der Waals surface area contributed by atoms with Gasteiger partial charge in [0.25, 0.3) is 27.5 Å². The number of aromatic amines is 1. The number of nitro groups is 1. The van der Waals surface area contributed by atoms with Gasteiger partial charge in [-0.25, -0.2) is 17.5 Å². The van der Waals surface area contributed by atoms with E-state index in [9.17, 15) is 33.2 Å². The van der Waals surface area contributed by atoms with Gasteiger partial charge in [-0.05, 0) is 112 Å². The minimum atomic E-state index is -4.80. The molecule has 0 radical (unpaired) electrons. The van der Waals surface area contributed by atoms with Crippen molar-refractivity contribution in [2.24, 2.45) is 17.3 Å². The van der Waals surface area contributed by atoms with Crippen LogP contribution in [-0.4, -0.2) is 127 Å². The van der Waals surface area contributed by atoms with Gasteiger partial charge in [-0.15, -0.1) is 0 Å². The number of piperazine rings is 1. The number of nitrogens with zero attached hydrogens (tertiary/aromatic N) is 5. The molecule has 1 spiro atoms. The zero-order valence-corrected chi connectivity index (χ0v) is 45.4. The fourth-order valence-corrected chi connectivity index (χ4v) is 13.6. The number of aromatic nitrogens is 2. The monoisotopic (exact) mass is 1090 g/mol. The second-order valence-electron chi connectivity index (χ2n) is 23.0. The third-order valence-corrected chi connectivity index (χ3v) is 18.7. The number of aliphatic hydroxyl groups is 1. The molecule has 3 aliphatic carbocycles.